The average Bonchev–Trinajstić information content (AvgIpc) is 2.28. The molecule has 0 spiro atoms. The van der Waals surface area contributed by atoms with Crippen molar-refractivity contribution in [2.75, 3.05) is 13.2 Å². The Balaban J connectivity index is 2.64. The minimum absolute atomic E-state index is 0.115. The third-order valence-electron chi connectivity index (χ3n) is 3.07. The largest absolute Gasteiger partial charge is 0.394 e. The third kappa shape index (κ3) is 2.90. The van der Waals surface area contributed by atoms with Crippen molar-refractivity contribution in [1.29, 1.82) is 0 Å². The van der Waals surface area contributed by atoms with E-state index in [1.54, 1.807) is 5.48 Å². The van der Waals surface area contributed by atoms with Crippen molar-refractivity contribution in [3.8, 4) is 0 Å². The van der Waals surface area contributed by atoms with E-state index in [1.807, 2.05) is 0 Å². The van der Waals surface area contributed by atoms with Crippen LogP contribution in [-0.4, -0.2) is 35.0 Å². The number of carbonyl (C=O) groups excluding carboxylic acids is 1. The molecular weight excluding hydrogens is 198 g/mol. The van der Waals surface area contributed by atoms with Gasteiger partial charge in [-0.3, -0.25) is 10.0 Å². The molecule has 1 fully saturated rings. The molecule has 5 heteroatoms. The van der Waals surface area contributed by atoms with Crippen molar-refractivity contribution in [2.45, 2.75) is 38.2 Å². The summed E-state index contributed by atoms with van der Waals surface area (Å²) in [5.74, 6) is 0.0881. The van der Waals surface area contributed by atoms with Gasteiger partial charge < -0.3 is 9.84 Å². The third-order valence-corrected chi connectivity index (χ3v) is 3.07. The monoisotopic (exact) mass is 217 g/mol. The molecule has 0 aromatic heterocycles. The Morgan fingerprint density at radius 1 is 1.53 bits per heavy atom. The van der Waals surface area contributed by atoms with Crippen LogP contribution in [0.25, 0.3) is 0 Å². The van der Waals surface area contributed by atoms with Crippen molar-refractivity contribution in [3.63, 3.8) is 0 Å². The molecule has 88 valence electrons. The number of hydroxylamine groups is 1. The van der Waals surface area contributed by atoms with E-state index in [1.165, 1.54) is 0 Å². The van der Waals surface area contributed by atoms with Crippen LogP contribution in [0.2, 0.25) is 0 Å². The SMILES string of the molecule is C[C@H]1CC[C@@](OCCO)(C(=O)NO)CC1. The summed E-state index contributed by atoms with van der Waals surface area (Å²) in [6.07, 6.45) is 3.00. The minimum Gasteiger partial charge on any atom is -0.394 e. The molecule has 1 aliphatic carbocycles. The van der Waals surface area contributed by atoms with Crippen LogP contribution < -0.4 is 5.48 Å². The van der Waals surface area contributed by atoms with Crippen LogP contribution in [0.1, 0.15) is 32.6 Å². The maximum absolute atomic E-state index is 11.5. The summed E-state index contributed by atoms with van der Waals surface area (Å²) in [7, 11) is 0. The summed E-state index contributed by atoms with van der Waals surface area (Å²) in [5.41, 5.74) is 0.713. The number of carbonyl (C=O) groups is 1. The second kappa shape index (κ2) is 5.44. The number of hydrogen-bond acceptors (Lipinski definition) is 4. The maximum atomic E-state index is 11.5. The van der Waals surface area contributed by atoms with Crippen LogP contribution in [0.4, 0.5) is 0 Å². The molecule has 15 heavy (non-hydrogen) atoms. The van der Waals surface area contributed by atoms with E-state index >= 15 is 0 Å². The zero-order valence-electron chi connectivity index (χ0n) is 9.03. The number of amides is 1. The van der Waals surface area contributed by atoms with Crippen molar-refractivity contribution in [3.05, 3.63) is 0 Å². The number of hydrogen-bond donors (Lipinski definition) is 3. The summed E-state index contributed by atoms with van der Waals surface area (Å²) in [6, 6.07) is 0. The highest BCUT2D eigenvalue weighted by Crippen LogP contribution is 2.34. The lowest BCUT2D eigenvalue weighted by Gasteiger charge is -2.36. The second-order valence-corrected chi connectivity index (χ2v) is 4.19. The Bertz CT molecular complexity index is 206. The lowest BCUT2D eigenvalue weighted by Crippen LogP contribution is -2.50. The van der Waals surface area contributed by atoms with Crippen molar-refractivity contribution >= 4 is 5.91 Å². The van der Waals surface area contributed by atoms with E-state index in [2.05, 4.69) is 6.92 Å². The van der Waals surface area contributed by atoms with Gasteiger partial charge in [-0.15, -0.1) is 0 Å². The Kier molecular flexibility index (Phi) is 4.50. The number of rotatable bonds is 4. The van der Waals surface area contributed by atoms with Gasteiger partial charge in [0.25, 0.3) is 5.91 Å². The molecule has 0 aromatic carbocycles. The van der Waals surface area contributed by atoms with Crippen LogP contribution in [0.15, 0.2) is 0 Å². The summed E-state index contributed by atoms with van der Waals surface area (Å²) in [5, 5.41) is 17.4. The van der Waals surface area contributed by atoms with Gasteiger partial charge in [-0.1, -0.05) is 6.92 Å². The van der Waals surface area contributed by atoms with Crippen LogP contribution in [-0.2, 0) is 9.53 Å². The van der Waals surface area contributed by atoms with Crippen molar-refractivity contribution in [2.24, 2.45) is 5.92 Å². The molecule has 1 rings (SSSR count). The fourth-order valence-electron chi connectivity index (χ4n) is 2.01. The Morgan fingerprint density at radius 2 is 2.13 bits per heavy atom. The lowest BCUT2D eigenvalue weighted by atomic mass is 9.79. The number of nitrogens with one attached hydrogen (secondary N) is 1. The van der Waals surface area contributed by atoms with Gasteiger partial charge >= 0.3 is 0 Å². The molecule has 0 bridgehead atoms. The summed E-state index contributed by atoms with van der Waals surface area (Å²) in [4.78, 5) is 11.5. The van der Waals surface area contributed by atoms with E-state index in [4.69, 9.17) is 15.1 Å². The Labute approximate surface area is 89.4 Å². The van der Waals surface area contributed by atoms with Crippen LogP contribution in [0.3, 0.4) is 0 Å². The predicted octanol–water partition coefficient (Wildman–Crippen LogP) is 0.450. The standard InChI is InChI=1S/C10H19NO4/c1-8-2-4-10(5-3-8,9(13)11-14)15-7-6-12/h8,12,14H,2-7H2,1H3,(H,11,13)/t8-,10-. The zero-order chi connectivity index (χ0) is 11.3. The maximum Gasteiger partial charge on any atom is 0.275 e. The van der Waals surface area contributed by atoms with Gasteiger partial charge in [-0.05, 0) is 31.6 Å². The quantitative estimate of drug-likeness (QED) is 0.472. The summed E-state index contributed by atoms with van der Waals surface area (Å²) < 4.78 is 5.40. The first-order valence-electron chi connectivity index (χ1n) is 5.34. The van der Waals surface area contributed by atoms with E-state index < -0.39 is 11.5 Å². The van der Waals surface area contributed by atoms with Crippen LogP contribution in [0.5, 0.6) is 0 Å². The highest BCUT2D eigenvalue weighted by Gasteiger charge is 2.41. The first kappa shape index (κ1) is 12.4. The van der Waals surface area contributed by atoms with Gasteiger partial charge in [0.15, 0.2) is 0 Å². The molecule has 5 nitrogen and oxygen atoms in total. The number of ether oxygens (including phenoxy) is 1. The Morgan fingerprint density at radius 3 is 2.60 bits per heavy atom. The van der Waals surface area contributed by atoms with Gasteiger partial charge in [0.1, 0.15) is 5.60 Å². The molecule has 0 atom stereocenters. The Hall–Kier alpha value is -0.650. The van der Waals surface area contributed by atoms with E-state index in [0.717, 1.165) is 12.8 Å². The summed E-state index contributed by atoms with van der Waals surface area (Å²) in [6.45, 7) is 2.14. The molecule has 0 radical (unpaired) electrons. The molecule has 1 amide bonds. The fraction of sp³-hybridized carbons (Fsp3) is 0.900. The molecular formula is C10H19NO4. The van der Waals surface area contributed by atoms with E-state index in [-0.39, 0.29) is 13.2 Å². The first-order chi connectivity index (χ1) is 7.14. The predicted molar refractivity (Wildman–Crippen MR) is 53.3 cm³/mol. The first-order valence-corrected chi connectivity index (χ1v) is 5.34. The fourth-order valence-corrected chi connectivity index (χ4v) is 2.01. The van der Waals surface area contributed by atoms with Gasteiger partial charge in [0.2, 0.25) is 0 Å². The van der Waals surface area contributed by atoms with E-state index in [0.29, 0.717) is 18.8 Å². The molecule has 0 saturated heterocycles. The van der Waals surface area contributed by atoms with Crippen LogP contribution >= 0.6 is 0 Å². The second-order valence-electron chi connectivity index (χ2n) is 4.19. The topological polar surface area (TPSA) is 78.8 Å². The van der Waals surface area contributed by atoms with Gasteiger partial charge in [0, 0.05) is 0 Å². The summed E-state index contributed by atoms with van der Waals surface area (Å²) >= 11 is 0. The van der Waals surface area contributed by atoms with Crippen molar-refractivity contribution in [1.82, 2.24) is 5.48 Å². The molecule has 3 N–H and O–H groups in total. The number of aliphatic hydroxyl groups excluding tert-OH is 1. The van der Waals surface area contributed by atoms with Gasteiger partial charge in [-0.2, -0.15) is 0 Å². The molecule has 0 aromatic rings. The smallest absolute Gasteiger partial charge is 0.275 e. The number of aliphatic hydroxyl groups is 1. The minimum atomic E-state index is -0.940. The molecule has 0 unspecified atom stereocenters. The van der Waals surface area contributed by atoms with E-state index in [9.17, 15) is 4.79 Å². The van der Waals surface area contributed by atoms with Crippen molar-refractivity contribution < 1.29 is 19.8 Å². The highest BCUT2D eigenvalue weighted by molar-refractivity contribution is 5.84. The van der Waals surface area contributed by atoms with Gasteiger partial charge in [-0.25, -0.2) is 5.48 Å². The average molecular weight is 217 g/mol. The molecule has 0 aliphatic heterocycles. The normalized spacial score (nSPS) is 31.3. The molecule has 0 heterocycles. The molecule has 1 aliphatic rings. The molecule has 1 saturated carbocycles. The lowest BCUT2D eigenvalue weighted by molar-refractivity contribution is -0.163. The highest BCUT2D eigenvalue weighted by atomic mass is 16.5. The zero-order valence-corrected chi connectivity index (χ0v) is 9.03. The van der Waals surface area contributed by atoms with Gasteiger partial charge in [0.05, 0.1) is 13.2 Å². The van der Waals surface area contributed by atoms with Crippen LogP contribution in [0, 0.1) is 5.92 Å².